The fourth-order valence-electron chi connectivity index (χ4n) is 4.91. The molecule has 1 saturated carbocycles. The zero-order chi connectivity index (χ0) is 24.4. The number of carbonyl (C=O) groups is 1. The number of nitrogens with zero attached hydrogens (tertiary/aromatic N) is 1. The molecule has 2 aromatic heterocycles. The van der Waals surface area contributed by atoms with E-state index >= 15 is 0 Å². The minimum absolute atomic E-state index is 0.0752. The van der Waals surface area contributed by atoms with Crippen molar-refractivity contribution in [1.29, 1.82) is 0 Å². The summed E-state index contributed by atoms with van der Waals surface area (Å²) >= 11 is 0. The molecule has 0 spiro atoms. The summed E-state index contributed by atoms with van der Waals surface area (Å²) in [6, 6.07) is 6.51. The van der Waals surface area contributed by atoms with E-state index in [-0.39, 0.29) is 23.7 Å². The summed E-state index contributed by atoms with van der Waals surface area (Å²) in [5, 5.41) is 6.16. The predicted octanol–water partition coefficient (Wildman–Crippen LogP) is 4.42. The summed E-state index contributed by atoms with van der Waals surface area (Å²) in [7, 11) is 3.14. The maximum absolute atomic E-state index is 14.4. The first-order chi connectivity index (χ1) is 17.1. The van der Waals surface area contributed by atoms with Gasteiger partial charge in [0.25, 0.3) is 5.91 Å². The molecule has 3 aromatic rings. The van der Waals surface area contributed by atoms with E-state index in [2.05, 4.69) is 32.4 Å². The highest BCUT2D eigenvalue weighted by atomic mass is 19.1. The van der Waals surface area contributed by atoms with Crippen LogP contribution in [0.5, 0.6) is 5.75 Å². The number of hydrogen-bond donors (Lipinski definition) is 3. The second-order valence-electron chi connectivity index (χ2n) is 8.68. The number of pyridine rings is 1. The van der Waals surface area contributed by atoms with E-state index in [0.29, 0.717) is 35.6 Å². The number of anilines is 2. The van der Waals surface area contributed by atoms with Crippen molar-refractivity contribution in [3.05, 3.63) is 59.3 Å². The molecule has 0 unspecified atom stereocenters. The Bertz CT molecular complexity index is 1320. The van der Waals surface area contributed by atoms with Crippen LogP contribution in [0.3, 0.4) is 0 Å². The van der Waals surface area contributed by atoms with Crippen molar-refractivity contribution >= 4 is 17.3 Å². The third-order valence-electron chi connectivity index (χ3n) is 6.63. The van der Waals surface area contributed by atoms with Crippen LogP contribution in [0.15, 0.2) is 36.7 Å². The molecule has 2 atom stereocenters. The van der Waals surface area contributed by atoms with E-state index in [0.717, 1.165) is 36.1 Å². The van der Waals surface area contributed by atoms with Crippen LogP contribution >= 0.6 is 0 Å². The summed E-state index contributed by atoms with van der Waals surface area (Å²) < 4.78 is 25.3. The quantitative estimate of drug-likeness (QED) is 0.477. The number of amides is 1. The molecule has 0 saturated heterocycles. The second-order valence-corrected chi connectivity index (χ2v) is 8.68. The van der Waals surface area contributed by atoms with Crippen molar-refractivity contribution in [1.82, 2.24) is 15.3 Å². The van der Waals surface area contributed by atoms with Gasteiger partial charge in [0.1, 0.15) is 0 Å². The average Bonchev–Trinajstić information content (AvgIpc) is 3.48. The van der Waals surface area contributed by atoms with E-state index < -0.39 is 5.82 Å². The van der Waals surface area contributed by atoms with Gasteiger partial charge >= 0.3 is 0 Å². The van der Waals surface area contributed by atoms with Crippen LogP contribution in [0.2, 0.25) is 0 Å². The van der Waals surface area contributed by atoms with Gasteiger partial charge in [0.05, 0.1) is 41.4 Å². The van der Waals surface area contributed by atoms with Crippen LogP contribution < -0.4 is 15.4 Å². The Kier molecular flexibility index (Phi) is 6.43. The minimum Gasteiger partial charge on any atom is -0.492 e. The number of H-pyrrole nitrogens is 1. The Morgan fingerprint density at radius 3 is 2.94 bits per heavy atom. The fraction of sp³-hybridized carbons (Fsp3) is 0.333. The minimum atomic E-state index is -0.493. The molecule has 1 fully saturated rings. The lowest BCUT2D eigenvalue weighted by molar-refractivity contribution is 0.0888. The molecule has 3 N–H and O–H groups in total. The maximum Gasteiger partial charge on any atom is 0.255 e. The fourth-order valence-corrected chi connectivity index (χ4v) is 4.91. The lowest BCUT2D eigenvalue weighted by atomic mass is 10.0. The number of benzene rings is 1. The van der Waals surface area contributed by atoms with Gasteiger partial charge in [0.15, 0.2) is 11.6 Å². The molecular formula is C27H27FN4O3. The number of halogens is 1. The van der Waals surface area contributed by atoms with Crippen molar-refractivity contribution in [3.63, 3.8) is 0 Å². The molecule has 1 aromatic carbocycles. The van der Waals surface area contributed by atoms with Crippen LogP contribution in [0.25, 0.3) is 11.3 Å². The number of carbonyl (C=O) groups excluding carboxylic acids is 1. The molecule has 35 heavy (non-hydrogen) atoms. The number of ether oxygens (including phenoxy) is 2. The van der Waals surface area contributed by atoms with E-state index in [9.17, 15) is 9.18 Å². The Morgan fingerprint density at radius 1 is 1.23 bits per heavy atom. The lowest BCUT2D eigenvalue weighted by Crippen LogP contribution is -2.31. The van der Waals surface area contributed by atoms with E-state index in [1.54, 1.807) is 31.6 Å². The summed E-state index contributed by atoms with van der Waals surface area (Å²) in [4.78, 5) is 20.6. The number of hydrogen-bond acceptors (Lipinski definition) is 5. The van der Waals surface area contributed by atoms with Crippen molar-refractivity contribution in [2.24, 2.45) is 5.92 Å². The predicted molar refractivity (Wildman–Crippen MR) is 131 cm³/mol. The Morgan fingerprint density at radius 2 is 2.11 bits per heavy atom. The Balaban J connectivity index is 1.62. The summed E-state index contributed by atoms with van der Waals surface area (Å²) in [5.41, 5.74) is 4.52. The van der Waals surface area contributed by atoms with Crippen molar-refractivity contribution in [2.75, 3.05) is 26.1 Å². The average molecular weight is 475 g/mol. The molecule has 2 aliphatic rings. The number of para-hydroxylation sites is 1. The SMILES string of the molecule is COc1c(F)cccc1Nc1c(-c2ccncc2C#C[C@H]2CCC[C@H]2OC)[nH]c2c1C(=O)NCC2. The molecular weight excluding hydrogens is 447 g/mol. The van der Waals surface area contributed by atoms with Gasteiger partial charge in [-0.15, -0.1) is 0 Å². The molecule has 3 heterocycles. The molecule has 7 nitrogen and oxygen atoms in total. The van der Waals surface area contributed by atoms with Crippen LogP contribution in [0, 0.1) is 23.6 Å². The molecule has 0 bridgehead atoms. The smallest absolute Gasteiger partial charge is 0.255 e. The molecule has 1 aliphatic carbocycles. The zero-order valence-electron chi connectivity index (χ0n) is 19.7. The molecule has 1 aliphatic heterocycles. The number of aromatic nitrogens is 2. The van der Waals surface area contributed by atoms with E-state index in [4.69, 9.17) is 9.47 Å². The van der Waals surface area contributed by atoms with E-state index in [1.807, 2.05) is 6.07 Å². The molecule has 1 amide bonds. The van der Waals surface area contributed by atoms with Crippen LogP contribution in [0.1, 0.15) is 40.9 Å². The molecule has 8 heteroatoms. The Labute approximate surface area is 203 Å². The number of nitrogens with one attached hydrogen (secondary N) is 3. The van der Waals surface area contributed by atoms with Crippen molar-refractivity contribution < 1.29 is 18.7 Å². The van der Waals surface area contributed by atoms with Crippen molar-refractivity contribution in [2.45, 2.75) is 31.8 Å². The van der Waals surface area contributed by atoms with Gasteiger partial charge in [-0.05, 0) is 37.5 Å². The topological polar surface area (TPSA) is 88.3 Å². The van der Waals surface area contributed by atoms with E-state index in [1.165, 1.54) is 13.2 Å². The number of methoxy groups -OCH3 is 2. The highest BCUT2D eigenvalue weighted by molar-refractivity contribution is 6.06. The van der Waals surface area contributed by atoms with Crippen LogP contribution in [0.4, 0.5) is 15.8 Å². The third kappa shape index (κ3) is 4.35. The number of rotatable bonds is 5. The lowest BCUT2D eigenvalue weighted by Gasteiger charge is -2.17. The van der Waals surface area contributed by atoms with Gasteiger partial charge in [0, 0.05) is 49.6 Å². The summed E-state index contributed by atoms with van der Waals surface area (Å²) in [6.45, 7) is 0.539. The Hall–Kier alpha value is -3.83. The van der Waals surface area contributed by atoms with Gasteiger partial charge in [-0.25, -0.2) is 4.39 Å². The molecule has 5 rings (SSSR count). The zero-order valence-corrected chi connectivity index (χ0v) is 19.7. The number of aromatic amines is 1. The maximum atomic E-state index is 14.4. The monoisotopic (exact) mass is 474 g/mol. The molecule has 0 radical (unpaired) electrons. The van der Waals surface area contributed by atoms with Gasteiger partial charge in [-0.2, -0.15) is 0 Å². The highest BCUT2D eigenvalue weighted by Crippen LogP contribution is 2.40. The van der Waals surface area contributed by atoms with Crippen LogP contribution in [-0.4, -0.2) is 42.7 Å². The standard InChI is InChI=1S/C27H27FN4O3/c1-34-22-8-3-5-16(22)9-10-17-15-29-13-11-18(17)24-25(23-20(31-24)12-14-30-27(23)33)32-21-7-4-6-19(28)26(21)35-2/h4,6-7,11,13,15-16,22,31-32H,3,5,8,12,14H2,1-2H3,(H,30,33)/t16-,22-/m1/s1. The molecule has 180 valence electrons. The third-order valence-corrected chi connectivity index (χ3v) is 6.63. The van der Waals surface area contributed by atoms with Gasteiger partial charge in [0.2, 0.25) is 0 Å². The highest BCUT2D eigenvalue weighted by Gasteiger charge is 2.29. The first-order valence-electron chi connectivity index (χ1n) is 11.7. The summed E-state index contributed by atoms with van der Waals surface area (Å²) in [5.74, 6) is 6.24. The second kappa shape index (κ2) is 9.80. The van der Waals surface area contributed by atoms with Gasteiger partial charge < -0.3 is 25.1 Å². The largest absolute Gasteiger partial charge is 0.492 e. The van der Waals surface area contributed by atoms with Crippen LogP contribution in [-0.2, 0) is 11.2 Å². The number of fused-ring (bicyclic) bond motifs is 1. The normalized spacial score (nSPS) is 18.9. The van der Waals surface area contributed by atoms with Crippen molar-refractivity contribution in [3.8, 4) is 28.8 Å². The van der Waals surface area contributed by atoms with Gasteiger partial charge in [-0.1, -0.05) is 17.9 Å². The summed E-state index contributed by atoms with van der Waals surface area (Å²) in [6.07, 6.45) is 7.33. The van der Waals surface area contributed by atoms with Gasteiger partial charge in [-0.3, -0.25) is 9.78 Å². The first-order valence-corrected chi connectivity index (χ1v) is 11.7. The first kappa shape index (κ1) is 22.9.